The first kappa shape index (κ1) is 12.5. The molecule has 0 aromatic heterocycles. The van der Waals surface area contributed by atoms with Gasteiger partial charge in [-0.15, -0.1) is 24.8 Å². The predicted octanol–water partition coefficient (Wildman–Crippen LogP) is 1.28. The Labute approximate surface area is 86.9 Å². The molecule has 2 bridgehead atoms. The van der Waals surface area contributed by atoms with Crippen molar-refractivity contribution in [3.8, 4) is 0 Å². The highest BCUT2D eigenvalue weighted by molar-refractivity contribution is 5.85. The third kappa shape index (κ3) is 1.72. The van der Waals surface area contributed by atoms with E-state index in [4.69, 9.17) is 0 Å². The van der Waals surface area contributed by atoms with Gasteiger partial charge in [-0.2, -0.15) is 0 Å². The summed E-state index contributed by atoms with van der Waals surface area (Å²) >= 11 is 0. The largest absolute Gasteiger partial charge is 0.315 e. The first-order valence-electron chi connectivity index (χ1n) is 4.22. The van der Waals surface area contributed by atoms with Crippen molar-refractivity contribution in [2.24, 2.45) is 0 Å². The molecule has 3 atom stereocenters. The maximum absolute atomic E-state index is 3.38. The van der Waals surface area contributed by atoms with Gasteiger partial charge in [-0.05, 0) is 33.4 Å². The lowest BCUT2D eigenvalue weighted by Crippen LogP contribution is -2.37. The summed E-state index contributed by atoms with van der Waals surface area (Å²) in [6, 6.07) is 2.51. The molecule has 3 unspecified atom stereocenters. The van der Waals surface area contributed by atoms with E-state index in [1.54, 1.807) is 0 Å². The van der Waals surface area contributed by atoms with Crippen molar-refractivity contribution >= 4 is 24.8 Å². The molecule has 0 amide bonds. The summed E-state index contributed by atoms with van der Waals surface area (Å²) in [7, 11) is 4.35. The number of fused-ring (bicyclic) bond motifs is 2. The standard InChI is InChI=1S/C8H16N2.2ClH/c1-9-7-5-6-3-4-8(7)10(6)2;;/h6-9H,3-5H2,1-2H3;2*1H. The highest BCUT2D eigenvalue weighted by Gasteiger charge is 2.42. The van der Waals surface area contributed by atoms with Crippen LogP contribution in [-0.2, 0) is 0 Å². The fraction of sp³-hybridized carbons (Fsp3) is 1.00. The number of nitrogens with zero attached hydrogens (tertiary/aromatic N) is 1. The van der Waals surface area contributed by atoms with Crippen LogP contribution >= 0.6 is 24.8 Å². The van der Waals surface area contributed by atoms with E-state index in [1.165, 1.54) is 19.3 Å². The summed E-state index contributed by atoms with van der Waals surface area (Å²) in [5.74, 6) is 0. The summed E-state index contributed by atoms with van der Waals surface area (Å²) in [6.07, 6.45) is 4.21. The summed E-state index contributed by atoms with van der Waals surface area (Å²) in [5, 5.41) is 3.38. The molecule has 2 aliphatic heterocycles. The van der Waals surface area contributed by atoms with Gasteiger partial charge in [0, 0.05) is 18.1 Å². The minimum Gasteiger partial charge on any atom is -0.315 e. The normalized spacial score (nSPS) is 39.0. The van der Waals surface area contributed by atoms with E-state index in [-0.39, 0.29) is 24.8 Å². The van der Waals surface area contributed by atoms with E-state index in [0.717, 1.165) is 18.1 Å². The third-order valence-electron chi connectivity index (χ3n) is 3.26. The highest BCUT2D eigenvalue weighted by Crippen LogP contribution is 2.35. The molecule has 2 fully saturated rings. The van der Waals surface area contributed by atoms with Crippen LogP contribution in [0, 0.1) is 0 Å². The van der Waals surface area contributed by atoms with E-state index in [9.17, 15) is 0 Å². The molecule has 0 saturated carbocycles. The van der Waals surface area contributed by atoms with Crippen molar-refractivity contribution in [2.45, 2.75) is 37.4 Å². The van der Waals surface area contributed by atoms with Gasteiger partial charge < -0.3 is 5.32 Å². The first-order valence-corrected chi connectivity index (χ1v) is 4.22. The molecule has 2 rings (SSSR count). The van der Waals surface area contributed by atoms with Crippen LogP contribution in [0.3, 0.4) is 0 Å². The van der Waals surface area contributed by atoms with Crippen molar-refractivity contribution in [2.75, 3.05) is 14.1 Å². The quantitative estimate of drug-likeness (QED) is 0.706. The van der Waals surface area contributed by atoms with Gasteiger partial charge in [0.25, 0.3) is 0 Å². The molecule has 74 valence electrons. The molecular formula is C8H18Cl2N2. The summed E-state index contributed by atoms with van der Waals surface area (Å²) < 4.78 is 0. The molecule has 2 nitrogen and oxygen atoms in total. The topological polar surface area (TPSA) is 15.3 Å². The Morgan fingerprint density at radius 2 is 1.92 bits per heavy atom. The Hall–Kier alpha value is 0.500. The zero-order chi connectivity index (χ0) is 7.14. The molecule has 2 aliphatic rings. The maximum Gasteiger partial charge on any atom is 0.0250 e. The average Bonchev–Trinajstić information content (AvgIpc) is 2.46. The van der Waals surface area contributed by atoms with Crippen LogP contribution in [-0.4, -0.2) is 37.1 Å². The summed E-state index contributed by atoms with van der Waals surface area (Å²) in [6.45, 7) is 0. The van der Waals surface area contributed by atoms with Crippen LogP contribution in [0.4, 0.5) is 0 Å². The fourth-order valence-electron chi connectivity index (χ4n) is 2.57. The van der Waals surface area contributed by atoms with Gasteiger partial charge in [-0.25, -0.2) is 0 Å². The van der Waals surface area contributed by atoms with Crippen molar-refractivity contribution in [3.05, 3.63) is 0 Å². The second-order valence-electron chi connectivity index (χ2n) is 3.59. The Morgan fingerprint density at radius 1 is 1.25 bits per heavy atom. The minimum atomic E-state index is 0. The number of hydrogen-bond acceptors (Lipinski definition) is 2. The van der Waals surface area contributed by atoms with Crippen LogP contribution in [0.5, 0.6) is 0 Å². The lowest BCUT2D eigenvalue weighted by atomic mass is 9.96. The van der Waals surface area contributed by atoms with Crippen molar-refractivity contribution in [1.29, 1.82) is 0 Å². The van der Waals surface area contributed by atoms with Gasteiger partial charge in [0.15, 0.2) is 0 Å². The van der Waals surface area contributed by atoms with E-state index < -0.39 is 0 Å². The van der Waals surface area contributed by atoms with Crippen LogP contribution in [0.1, 0.15) is 19.3 Å². The molecule has 0 aromatic rings. The molecule has 2 heterocycles. The van der Waals surface area contributed by atoms with Gasteiger partial charge >= 0.3 is 0 Å². The van der Waals surface area contributed by atoms with E-state index >= 15 is 0 Å². The number of nitrogens with one attached hydrogen (secondary N) is 1. The molecule has 2 saturated heterocycles. The van der Waals surface area contributed by atoms with E-state index in [2.05, 4.69) is 24.3 Å². The lowest BCUT2D eigenvalue weighted by Gasteiger charge is -2.20. The van der Waals surface area contributed by atoms with Crippen LogP contribution in [0.25, 0.3) is 0 Å². The zero-order valence-corrected chi connectivity index (χ0v) is 9.25. The van der Waals surface area contributed by atoms with E-state index in [1.807, 2.05) is 0 Å². The van der Waals surface area contributed by atoms with Crippen molar-refractivity contribution in [3.63, 3.8) is 0 Å². The smallest absolute Gasteiger partial charge is 0.0250 e. The Kier molecular flexibility index (Phi) is 4.85. The number of rotatable bonds is 1. The molecular weight excluding hydrogens is 195 g/mol. The van der Waals surface area contributed by atoms with Crippen LogP contribution in [0.2, 0.25) is 0 Å². The predicted molar refractivity (Wildman–Crippen MR) is 56.5 cm³/mol. The molecule has 4 heteroatoms. The Bertz CT molecular complexity index is 143. The second kappa shape index (κ2) is 4.66. The molecule has 1 N–H and O–H groups in total. The zero-order valence-electron chi connectivity index (χ0n) is 7.62. The second-order valence-corrected chi connectivity index (χ2v) is 3.59. The number of likely N-dealkylation sites (N-methyl/N-ethyl adjacent to an activating group) is 2. The highest BCUT2D eigenvalue weighted by atomic mass is 35.5. The molecule has 0 aromatic carbocycles. The van der Waals surface area contributed by atoms with Crippen LogP contribution < -0.4 is 5.32 Å². The average molecular weight is 213 g/mol. The minimum absolute atomic E-state index is 0. The molecule has 0 spiro atoms. The Morgan fingerprint density at radius 3 is 2.17 bits per heavy atom. The van der Waals surface area contributed by atoms with Gasteiger partial charge in [0.1, 0.15) is 0 Å². The van der Waals surface area contributed by atoms with Crippen LogP contribution in [0.15, 0.2) is 0 Å². The lowest BCUT2D eigenvalue weighted by molar-refractivity contribution is 0.300. The molecule has 0 aliphatic carbocycles. The van der Waals surface area contributed by atoms with Crippen molar-refractivity contribution in [1.82, 2.24) is 10.2 Å². The SMILES string of the molecule is CNC1CC2CCC1N2C.Cl.Cl. The van der Waals surface area contributed by atoms with Gasteiger partial charge in [0.2, 0.25) is 0 Å². The molecule has 12 heavy (non-hydrogen) atoms. The van der Waals surface area contributed by atoms with Crippen molar-refractivity contribution < 1.29 is 0 Å². The first-order chi connectivity index (χ1) is 4.83. The third-order valence-corrected chi connectivity index (χ3v) is 3.26. The maximum atomic E-state index is 3.38. The number of halogens is 2. The summed E-state index contributed by atoms with van der Waals surface area (Å²) in [5.41, 5.74) is 0. The fourth-order valence-corrected chi connectivity index (χ4v) is 2.57. The van der Waals surface area contributed by atoms with Gasteiger partial charge in [0.05, 0.1) is 0 Å². The summed E-state index contributed by atoms with van der Waals surface area (Å²) in [4.78, 5) is 2.54. The monoisotopic (exact) mass is 212 g/mol. The van der Waals surface area contributed by atoms with Gasteiger partial charge in [-0.1, -0.05) is 0 Å². The Balaban J connectivity index is 0.000000605. The van der Waals surface area contributed by atoms with Gasteiger partial charge in [-0.3, -0.25) is 4.90 Å². The van der Waals surface area contributed by atoms with E-state index in [0.29, 0.717) is 0 Å². The number of hydrogen-bond donors (Lipinski definition) is 1. The molecule has 0 radical (unpaired) electrons.